The number of nitrogens with two attached hydrogens (primary N) is 2. The fraction of sp³-hybridized carbons (Fsp3) is 0.462. The fourth-order valence-electron chi connectivity index (χ4n) is 2.31. The van der Waals surface area contributed by atoms with Gasteiger partial charge in [0.1, 0.15) is 23.2 Å². The minimum atomic E-state index is -0.816. The molecule has 0 aromatic heterocycles. The number of rotatable bonds is 3. The van der Waals surface area contributed by atoms with Crippen molar-refractivity contribution in [2.24, 2.45) is 11.5 Å². The lowest BCUT2D eigenvalue weighted by Crippen LogP contribution is -2.34. The van der Waals surface area contributed by atoms with E-state index >= 15 is 0 Å². The number of halogens is 1. The summed E-state index contributed by atoms with van der Waals surface area (Å²) in [5.74, 6) is -1.26. The zero-order chi connectivity index (χ0) is 13.1. The van der Waals surface area contributed by atoms with Crippen molar-refractivity contribution in [3.05, 3.63) is 29.6 Å². The molecule has 1 aromatic rings. The zero-order valence-corrected chi connectivity index (χ0v) is 10.1. The molecule has 98 valence electrons. The van der Waals surface area contributed by atoms with Crippen molar-refractivity contribution in [1.29, 1.82) is 0 Å². The third kappa shape index (κ3) is 2.79. The fourth-order valence-corrected chi connectivity index (χ4v) is 2.31. The van der Waals surface area contributed by atoms with Crippen LogP contribution in [0.4, 0.5) is 4.39 Å². The van der Waals surface area contributed by atoms with Gasteiger partial charge in [0.15, 0.2) is 0 Å². The lowest BCUT2D eigenvalue weighted by Gasteiger charge is -2.27. The second-order valence-electron chi connectivity index (χ2n) is 4.64. The summed E-state index contributed by atoms with van der Waals surface area (Å²) in [6.45, 7) is 0. The van der Waals surface area contributed by atoms with Gasteiger partial charge in [-0.3, -0.25) is 4.79 Å². The highest BCUT2D eigenvalue weighted by Gasteiger charge is 2.23. The lowest BCUT2D eigenvalue weighted by atomic mass is 9.93. The molecule has 4 N–H and O–H groups in total. The van der Waals surface area contributed by atoms with Gasteiger partial charge in [-0.2, -0.15) is 0 Å². The Morgan fingerprint density at radius 3 is 2.83 bits per heavy atom. The number of primary amides is 1. The van der Waals surface area contributed by atoms with Crippen molar-refractivity contribution < 1.29 is 13.9 Å². The molecule has 0 heterocycles. The Hall–Kier alpha value is -1.62. The molecule has 2 unspecified atom stereocenters. The van der Waals surface area contributed by atoms with Crippen LogP contribution in [0.3, 0.4) is 0 Å². The van der Waals surface area contributed by atoms with Crippen LogP contribution in [0, 0.1) is 5.82 Å². The molecular formula is C13H17FN2O2. The molecule has 1 amide bonds. The predicted octanol–water partition coefficient (Wildman–Crippen LogP) is 1.57. The molecule has 2 atom stereocenters. The van der Waals surface area contributed by atoms with Gasteiger partial charge >= 0.3 is 0 Å². The smallest absolute Gasteiger partial charge is 0.255 e. The van der Waals surface area contributed by atoms with E-state index < -0.39 is 11.7 Å². The third-order valence-electron chi connectivity index (χ3n) is 3.18. The average Bonchev–Trinajstić information content (AvgIpc) is 2.28. The predicted molar refractivity (Wildman–Crippen MR) is 65.8 cm³/mol. The number of amides is 1. The van der Waals surface area contributed by atoms with Gasteiger partial charge in [0.05, 0.1) is 0 Å². The van der Waals surface area contributed by atoms with E-state index in [1.54, 1.807) is 6.07 Å². The highest BCUT2D eigenvalue weighted by Crippen LogP contribution is 2.26. The molecule has 5 heteroatoms. The van der Waals surface area contributed by atoms with Crippen LogP contribution in [0.1, 0.15) is 36.0 Å². The van der Waals surface area contributed by atoms with Crippen molar-refractivity contribution in [3.63, 3.8) is 0 Å². The Bertz CT molecular complexity index is 451. The van der Waals surface area contributed by atoms with E-state index in [2.05, 4.69) is 0 Å². The summed E-state index contributed by atoms with van der Waals surface area (Å²) in [5, 5.41) is 0. The van der Waals surface area contributed by atoms with Crippen LogP contribution < -0.4 is 16.2 Å². The molecule has 1 aliphatic rings. The second-order valence-corrected chi connectivity index (χ2v) is 4.64. The molecule has 1 saturated carbocycles. The lowest BCUT2D eigenvalue weighted by molar-refractivity contribution is 0.0981. The van der Waals surface area contributed by atoms with Crippen molar-refractivity contribution in [2.45, 2.75) is 37.8 Å². The molecule has 1 fully saturated rings. The average molecular weight is 252 g/mol. The number of hydrogen-bond donors (Lipinski definition) is 2. The molecule has 4 nitrogen and oxygen atoms in total. The van der Waals surface area contributed by atoms with Crippen LogP contribution in [0.2, 0.25) is 0 Å². The van der Waals surface area contributed by atoms with E-state index in [1.165, 1.54) is 12.1 Å². The quantitative estimate of drug-likeness (QED) is 0.857. The Kier molecular flexibility index (Phi) is 3.81. The Morgan fingerprint density at radius 2 is 2.17 bits per heavy atom. The first kappa shape index (κ1) is 12.8. The third-order valence-corrected chi connectivity index (χ3v) is 3.18. The van der Waals surface area contributed by atoms with Crippen LogP contribution in [0.15, 0.2) is 18.2 Å². The first-order valence-electron chi connectivity index (χ1n) is 6.08. The van der Waals surface area contributed by atoms with Crippen molar-refractivity contribution in [3.8, 4) is 5.75 Å². The topological polar surface area (TPSA) is 78.3 Å². The van der Waals surface area contributed by atoms with Gasteiger partial charge in [0, 0.05) is 6.04 Å². The second kappa shape index (κ2) is 5.35. The summed E-state index contributed by atoms with van der Waals surface area (Å²) in [6.07, 6.45) is 3.46. The number of ether oxygens (including phenoxy) is 1. The Balaban J connectivity index is 2.18. The zero-order valence-electron chi connectivity index (χ0n) is 10.1. The van der Waals surface area contributed by atoms with Crippen LogP contribution >= 0.6 is 0 Å². The minimum Gasteiger partial charge on any atom is -0.489 e. The molecule has 1 aromatic carbocycles. The first-order chi connectivity index (χ1) is 8.58. The van der Waals surface area contributed by atoms with Crippen molar-refractivity contribution in [2.75, 3.05) is 0 Å². The van der Waals surface area contributed by atoms with Crippen LogP contribution in [0.5, 0.6) is 5.75 Å². The molecule has 18 heavy (non-hydrogen) atoms. The van der Waals surface area contributed by atoms with Gasteiger partial charge < -0.3 is 16.2 Å². The summed E-state index contributed by atoms with van der Waals surface area (Å²) >= 11 is 0. The summed E-state index contributed by atoms with van der Waals surface area (Å²) in [4.78, 5) is 11.2. The number of carbonyl (C=O) groups is 1. The molecular weight excluding hydrogens is 235 g/mol. The number of benzene rings is 1. The summed E-state index contributed by atoms with van der Waals surface area (Å²) in [5.41, 5.74) is 10.8. The van der Waals surface area contributed by atoms with Crippen molar-refractivity contribution in [1.82, 2.24) is 0 Å². The molecule has 0 saturated heterocycles. The maximum absolute atomic E-state index is 13.5. The minimum absolute atomic E-state index is 0.0753. The Morgan fingerprint density at radius 1 is 1.39 bits per heavy atom. The summed E-state index contributed by atoms with van der Waals surface area (Å²) in [7, 11) is 0. The van der Waals surface area contributed by atoms with Gasteiger partial charge in [-0.25, -0.2) is 4.39 Å². The number of carbonyl (C=O) groups excluding carboxylic acids is 1. The van der Waals surface area contributed by atoms with Gasteiger partial charge in [-0.15, -0.1) is 0 Å². The van der Waals surface area contributed by atoms with Gasteiger partial charge in [-0.05, 0) is 37.8 Å². The molecule has 0 aliphatic heterocycles. The molecule has 1 aliphatic carbocycles. The van der Waals surface area contributed by atoms with E-state index in [-0.39, 0.29) is 23.5 Å². The monoisotopic (exact) mass is 252 g/mol. The highest BCUT2D eigenvalue weighted by molar-refractivity contribution is 5.95. The van der Waals surface area contributed by atoms with Crippen LogP contribution in [0.25, 0.3) is 0 Å². The SMILES string of the molecule is NC(=O)c1c(F)cccc1OC1CCCC(N)C1. The van der Waals surface area contributed by atoms with E-state index in [9.17, 15) is 9.18 Å². The largest absolute Gasteiger partial charge is 0.489 e. The molecule has 2 rings (SSSR count). The van der Waals surface area contributed by atoms with Gasteiger partial charge in [0.2, 0.25) is 0 Å². The maximum Gasteiger partial charge on any atom is 0.255 e. The molecule has 0 bridgehead atoms. The van der Waals surface area contributed by atoms with E-state index in [1.807, 2.05) is 0 Å². The summed E-state index contributed by atoms with van der Waals surface area (Å²) in [6, 6.07) is 4.36. The van der Waals surface area contributed by atoms with E-state index in [0.717, 1.165) is 19.3 Å². The normalized spacial score (nSPS) is 23.7. The number of hydrogen-bond acceptors (Lipinski definition) is 3. The first-order valence-corrected chi connectivity index (χ1v) is 6.08. The maximum atomic E-state index is 13.5. The Labute approximate surface area is 105 Å². The molecule has 0 spiro atoms. The van der Waals surface area contributed by atoms with E-state index in [0.29, 0.717) is 6.42 Å². The van der Waals surface area contributed by atoms with Gasteiger partial charge in [0.25, 0.3) is 5.91 Å². The van der Waals surface area contributed by atoms with Crippen molar-refractivity contribution >= 4 is 5.91 Å². The van der Waals surface area contributed by atoms with Gasteiger partial charge in [-0.1, -0.05) is 6.07 Å². The summed E-state index contributed by atoms with van der Waals surface area (Å²) < 4.78 is 19.2. The standard InChI is InChI=1S/C13H17FN2O2/c14-10-5-2-6-11(12(10)13(16)17)18-9-4-1-3-8(15)7-9/h2,5-6,8-9H,1,3-4,7,15H2,(H2,16,17). The highest BCUT2D eigenvalue weighted by atomic mass is 19.1. The van der Waals surface area contributed by atoms with Crippen LogP contribution in [-0.2, 0) is 0 Å². The van der Waals surface area contributed by atoms with Crippen LogP contribution in [-0.4, -0.2) is 18.1 Å². The molecule has 0 radical (unpaired) electrons. The van der Waals surface area contributed by atoms with E-state index in [4.69, 9.17) is 16.2 Å².